The molecule has 124 valence electrons. The number of hydrogen-bond donors (Lipinski definition) is 2. The van der Waals surface area contributed by atoms with Crippen LogP contribution in [-0.4, -0.2) is 10.8 Å². The van der Waals surface area contributed by atoms with E-state index in [1.807, 2.05) is 12.1 Å². The summed E-state index contributed by atoms with van der Waals surface area (Å²) in [6, 6.07) is 6.04. The molecule has 1 aromatic carbocycles. The molecule has 3 nitrogen and oxygen atoms in total. The highest BCUT2D eigenvalue weighted by Gasteiger charge is 2.55. The first-order chi connectivity index (χ1) is 11.0. The maximum atomic E-state index is 9.77. The zero-order valence-electron chi connectivity index (χ0n) is 14.3. The summed E-state index contributed by atoms with van der Waals surface area (Å²) in [5, 5.41) is 13.8. The van der Waals surface area contributed by atoms with Crippen molar-refractivity contribution in [3.05, 3.63) is 29.3 Å². The molecule has 0 spiro atoms. The van der Waals surface area contributed by atoms with E-state index >= 15 is 0 Å². The van der Waals surface area contributed by atoms with Crippen molar-refractivity contribution < 1.29 is 5.11 Å². The highest BCUT2D eigenvalue weighted by Crippen LogP contribution is 2.63. The number of phenols is 1. The SMILES string of the molecule is C/C(=N/N)C1CCC2C3CCc4cc(O)ccc4C3CCC12C. The quantitative estimate of drug-likeness (QED) is 0.464. The van der Waals surface area contributed by atoms with Crippen molar-refractivity contribution in [1.82, 2.24) is 0 Å². The maximum absolute atomic E-state index is 9.77. The molecule has 2 saturated carbocycles. The van der Waals surface area contributed by atoms with Gasteiger partial charge in [0.25, 0.3) is 0 Å². The lowest BCUT2D eigenvalue weighted by molar-refractivity contribution is 0.0452. The number of nitrogens with two attached hydrogens (primary N) is 1. The number of aryl methyl sites for hydroxylation is 1. The first-order valence-electron chi connectivity index (χ1n) is 9.10. The van der Waals surface area contributed by atoms with Gasteiger partial charge in [-0.15, -0.1) is 0 Å². The number of hydrogen-bond acceptors (Lipinski definition) is 3. The van der Waals surface area contributed by atoms with Gasteiger partial charge in [-0.05, 0) is 91.9 Å². The van der Waals surface area contributed by atoms with Crippen LogP contribution in [0.3, 0.4) is 0 Å². The fourth-order valence-electron chi connectivity index (χ4n) is 6.34. The lowest BCUT2D eigenvalue weighted by atomic mass is 9.54. The number of fused-ring (bicyclic) bond motifs is 5. The van der Waals surface area contributed by atoms with E-state index in [9.17, 15) is 5.11 Å². The van der Waals surface area contributed by atoms with Crippen molar-refractivity contribution in [3.8, 4) is 5.75 Å². The maximum Gasteiger partial charge on any atom is 0.115 e. The molecule has 0 saturated heterocycles. The van der Waals surface area contributed by atoms with E-state index in [4.69, 9.17) is 5.84 Å². The molecule has 5 atom stereocenters. The van der Waals surface area contributed by atoms with E-state index < -0.39 is 0 Å². The van der Waals surface area contributed by atoms with Gasteiger partial charge in [0.1, 0.15) is 5.75 Å². The summed E-state index contributed by atoms with van der Waals surface area (Å²) in [6.45, 7) is 4.61. The highest BCUT2D eigenvalue weighted by molar-refractivity contribution is 5.85. The Hall–Kier alpha value is -1.51. The summed E-state index contributed by atoms with van der Waals surface area (Å²) in [6.07, 6.45) is 7.50. The van der Waals surface area contributed by atoms with Crippen molar-refractivity contribution in [1.29, 1.82) is 0 Å². The number of benzene rings is 1. The molecule has 23 heavy (non-hydrogen) atoms. The minimum absolute atomic E-state index is 0.378. The molecular formula is C20H28N2O. The van der Waals surface area contributed by atoms with Crippen LogP contribution in [0.15, 0.2) is 23.3 Å². The second-order valence-corrected chi connectivity index (χ2v) is 8.24. The van der Waals surface area contributed by atoms with Crippen molar-refractivity contribution in [2.24, 2.45) is 34.1 Å². The van der Waals surface area contributed by atoms with Crippen LogP contribution in [0.4, 0.5) is 0 Å². The van der Waals surface area contributed by atoms with Crippen LogP contribution in [0.2, 0.25) is 0 Å². The zero-order chi connectivity index (χ0) is 16.2. The molecule has 0 aliphatic heterocycles. The highest BCUT2D eigenvalue weighted by atomic mass is 16.3. The molecular weight excluding hydrogens is 284 g/mol. The predicted octanol–water partition coefficient (Wildman–Crippen LogP) is 4.20. The van der Waals surface area contributed by atoms with Gasteiger partial charge in [-0.3, -0.25) is 0 Å². The molecule has 5 unspecified atom stereocenters. The van der Waals surface area contributed by atoms with Crippen molar-refractivity contribution in [3.63, 3.8) is 0 Å². The third-order valence-corrected chi connectivity index (χ3v) is 7.42. The van der Waals surface area contributed by atoms with Crippen LogP contribution in [0.1, 0.15) is 63.0 Å². The Labute approximate surface area is 139 Å². The number of phenolic OH excluding ortho intramolecular Hbond substituents is 1. The Morgan fingerprint density at radius 3 is 2.87 bits per heavy atom. The van der Waals surface area contributed by atoms with Gasteiger partial charge in [-0.25, -0.2) is 0 Å². The first kappa shape index (κ1) is 15.0. The zero-order valence-corrected chi connectivity index (χ0v) is 14.3. The second kappa shape index (κ2) is 5.25. The van der Waals surface area contributed by atoms with Crippen LogP contribution in [-0.2, 0) is 6.42 Å². The molecule has 0 aromatic heterocycles. The van der Waals surface area contributed by atoms with E-state index in [0.717, 1.165) is 24.0 Å². The van der Waals surface area contributed by atoms with Gasteiger partial charge in [0, 0.05) is 11.6 Å². The Morgan fingerprint density at radius 2 is 2.09 bits per heavy atom. The molecule has 3 aliphatic rings. The lowest BCUT2D eigenvalue weighted by Crippen LogP contribution is -2.43. The Morgan fingerprint density at radius 1 is 1.26 bits per heavy atom. The fraction of sp³-hybridized carbons (Fsp3) is 0.650. The largest absolute Gasteiger partial charge is 0.508 e. The third kappa shape index (κ3) is 2.12. The summed E-state index contributed by atoms with van der Waals surface area (Å²) in [5.74, 6) is 8.87. The monoisotopic (exact) mass is 312 g/mol. The molecule has 0 bridgehead atoms. The average molecular weight is 312 g/mol. The van der Waals surface area contributed by atoms with Crippen LogP contribution < -0.4 is 5.84 Å². The van der Waals surface area contributed by atoms with Crippen molar-refractivity contribution in [2.75, 3.05) is 0 Å². The summed E-state index contributed by atoms with van der Waals surface area (Å²) < 4.78 is 0. The Bertz CT molecular complexity index is 653. The van der Waals surface area contributed by atoms with Crippen LogP contribution >= 0.6 is 0 Å². The van der Waals surface area contributed by atoms with Crippen molar-refractivity contribution in [2.45, 2.75) is 58.3 Å². The number of aromatic hydroxyl groups is 1. The van der Waals surface area contributed by atoms with Gasteiger partial charge >= 0.3 is 0 Å². The van der Waals surface area contributed by atoms with E-state index in [0.29, 0.717) is 23.0 Å². The smallest absolute Gasteiger partial charge is 0.115 e. The third-order valence-electron chi connectivity index (χ3n) is 7.42. The molecule has 0 radical (unpaired) electrons. The van der Waals surface area contributed by atoms with E-state index in [2.05, 4.69) is 25.0 Å². The van der Waals surface area contributed by atoms with Gasteiger partial charge in [0.2, 0.25) is 0 Å². The number of hydrazone groups is 1. The molecule has 3 aliphatic carbocycles. The standard InChI is InChI=1S/C20H28N2O/c1-12(22-21)18-7-8-19-17-5-3-13-11-14(23)4-6-15(13)16(17)9-10-20(18,19)2/h4,6,11,16-19,23H,3,5,7-10,21H2,1-2H3/b22-12-. The first-order valence-corrected chi connectivity index (χ1v) is 9.10. The second-order valence-electron chi connectivity index (χ2n) is 8.24. The normalized spacial score (nSPS) is 39.5. The number of nitrogens with zero attached hydrogens (tertiary/aromatic N) is 1. The van der Waals surface area contributed by atoms with Gasteiger partial charge in [0.05, 0.1) is 0 Å². The molecule has 3 heteroatoms. The fourth-order valence-corrected chi connectivity index (χ4v) is 6.34. The topological polar surface area (TPSA) is 58.6 Å². The van der Waals surface area contributed by atoms with Gasteiger partial charge in [-0.2, -0.15) is 5.10 Å². The summed E-state index contributed by atoms with van der Waals surface area (Å²) in [7, 11) is 0. The van der Waals surface area contributed by atoms with Crippen LogP contribution in [0, 0.1) is 23.2 Å². The van der Waals surface area contributed by atoms with E-state index in [1.165, 1.54) is 43.2 Å². The van der Waals surface area contributed by atoms with Gasteiger partial charge in [-0.1, -0.05) is 13.0 Å². The minimum Gasteiger partial charge on any atom is -0.508 e. The van der Waals surface area contributed by atoms with Crippen LogP contribution in [0.5, 0.6) is 5.75 Å². The van der Waals surface area contributed by atoms with Gasteiger partial charge < -0.3 is 10.9 Å². The Balaban J connectivity index is 1.67. The Kier molecular flexibility index (Phi) is 3.44. The molecule has 0 heterocycles. The summed E-state index contributed by atoms with van der Waals surface area (Å²) in [4.78, 5) is 0. The van der Waals surface area contributed by atoms with Crippen molar-refractivity contribution >= 4 is 5.71 Å². The molecule has 0 amide bonds. The molecule has 2 fully saturated rings. The molecule has 3 N–H and O–H groups in total. The summed E-state index contributed by atoms with van der Waals surface area (Å²) >= 11 is 0. The average Bonchev–Trinajstić information content (AvgIpc) is 2.90. The van der Waals surface area contributed by atoms with Crippen LogP contribution in [0.25, 0.3) is 0 Å². The van der Waals surface area contributed by atoms with Gasteiger partial charge in [0.15, 0.2) is 0 Å². The molecule has 4 rings (SSSR count). The lowest BCUT2D eigenvalue weighted by Gasteiger charge is -2.51. The number of rotatable bonds is 1. The minimum atomic E-state index is 0.378. The van der Waals surface area contributed by atoms with E-state index in [-0.39, 0.29) is 0 Å². The van der Waals surface area contributed by atoms with E-state index in [1.54, 1.807) is 0 Å². The predicted molar refractivity (Wildman–Crippen MR) is 93.5 cm³/mol. The summed E-state index contributed by atoms with van der Waals surface area (Å²) in [5.41, 5.74) is 4.41. The molecule has 1 aromatic rings.